The molecular weight excluding hydrogens is 247 g/mol. The fraction of sp³-hybridized carbons (Fsp3) is 0.0769. The zero-order chi connectivity index (χ0) is 13.4. The second kappa shape index (κ2) is 4.24. The number of rotatable bonds is 2. The van der Waals surface area contributed by atoms with Gasteiger partial charge in [0.1, 0.15) is 11.3 Å². The zero-order valence-corrected chi connectivity index (χ0v) is 10.2. The SMILES string of the molecule is Cn1nnc2cc(Oc3ccc(N)cc3F)ccc21. The second-order valence-corrected chi connectivity index (χ2v) is 4.16. The van der Waals surface area contributed by atoms with Gasteiger partial charge >= 0.3 is 0 Å². The van der Waals surface area contributed by atoms with Crippen molar-refractivity contribution in [1.29, 1.82) is 0 Å². The van der Waals surface area contributed by atoms with E-state index in [2.05, 4.69) is 10.3 Å². The molecule has 0 radical (unpaired) electrons. The van der Waals surface area contributed by atoms with Crippen molar-refractivity contribution >= 4 is 16.7 Å². The molecule has 0 saturated heterocycles. The summed E-state index contributed by atoms with van der Waals surface area (Å²) in [5.41, 5.74) is 7.41. The van der Waals surface area contributed by atoms with Gasteiger partial charge in [0, 0.05) is 24.9 Å². The summed E-state index contributed by atoms with van der Waals surface area (Å²) in [6.45, 7) is 0. The zero-order valence-electron chi connectivity index (χ0n) is 10.2. The van der Waals surface area contributed by atoms with Gasteiger partial charge in [0.15, 0.2) is 11.6 Å². The fourth-order valence-electron chi connectivity index (χ4n) is 1.81. The fourth-order valence-corrected chi connectivity index (χ4v) is 1.81. The standard InChI is InChI=1S/C13H11FN4O/c1-18-12-4-3-9(7-11(12)16-17-18)19-13-5-2-8(15)6-10(13)14/h2-7H,15H2,1H3. The number of anilines is 1. The highest BCUT2D eigenvalue weighted by Gasteiger charge is 2.07. The number of benzene rings is 2. The van der Waals surface area contributed by atoms with Gasteiger partial charge in [-0.15, -0.1) is 5.10 Å². The summed E-state index contributed by atoms with van der Waals surface area (Å²) in [6, 6.07) is 9.56. The second-order valence-electron chi connectivity index (χ2n) is 4.16. The Bertz CT molecular complexity index is 753. The summed E-state index contributed by atoms with van der Waals surface area (Å²) in [5.74, 6) is 0.119. The van der Waals surface area contributed by atoms with Crippen LogP contribution in [0.4, 0.5) is 10.1 Å². The van der Waals surface area contributed by atoms with Gasteiger partial charge in [0.05, 0.1) is 5.52 Å². The maximum absolute atomic E-state index is 13.6. The van der Waals surface area contributed by atoms with Crippen LogP contribution in [0.3, 0.4) is 0 Å². The molecule has 19 heavy (non-hydrogen) atoms. The number of aryl methyl sites for hydroxylation is 1. The molecule has 0 bridgehead atoms. The minimum atomic E-state index is -0.501. The summed E-state index contributed by atoms with van der Waals surface area (Å²) in [6.07, 6.45) is 0. The maximum Gasteiger partial charge on any atom is 0.167 e. The average Bonchev–Trinajstić information content (AvgIpc) is 2.74. The van der Waals surface area contributed by atoms with Crippen LogP contribution in [0.25, 0.3) is 11.0 Å². The number of ether oxygens (including phenoxy) is 1. The van der Waals surface area contributed by atoms with Crippen LogP contribution in [0, 0.1) is 5.82 Å². The quantitative estimate of drug-likeness (QED) is 0.717. The topological polar surface area (TPSA) is 66.0 Å². The number of hydrogen-bond donors (Lipinski definition) is 1. The Hall–Kier alpha value is -2.63. The van der Waals surface area contributed by atoms with Gasteiger partial charge in [-0.2, -0.15) is 0 Å². The molecule has 0 spiro atoms. The number of nitrogens with zero attached hydrogens (tertiary/aromatic N) is 3. The van der Waals surface area contributed by atoms with Crippen molar-refractivity contribution in [3.63, 3.8) is 0 Å². The molecule has 0 amide bonds. The molecule has 96 valence electrons. The first-order chi connectivity index (χ1) is 9.13. The monoisotopic (exact) mass is 258 g/mol. The van der Waals surface area contributed by atoms with E-state index in [1.165, 1.54) is 12.1 Å². The third kappa shape index (κ3) is 2.08. The van der Waals surface area contributed by atoms with E-state index in [-0.39, 0.29) is 5.75 Å². The molecule has 1 aromatic heterocycles. The van der Waals surface area contributed by atoms with Crippen LogP contribution in [0.2, 0.25) is 0 Å². The molecule has 0 aliphatic carbocycles. The summed E-state index contributed by atoms with van der Waals surface area (Å²) < 4.78 is 20.7. The summed E-state index contributed by atoms with van der Waals surface area (Å²) in [5, 5.41) is 7.87. The Morgan fingerprint density at radius 3 is 2.84 bits per heavy atom. The van der Waals surface area contributed by atoms with E-state index in [1.807, 2.05) is 6.07 Å². The van der Waals surface area contributed by atoms with Gasteiger partial charge in [0.2, 0.25) is 0 Å². The number of nitrogen functional groups attached to an aromatic ring is 1. The predicted molar refractivity (Wildman–Crippen MR) is 69.4 cm³/mol. The first kappa shape index (κ1) is 11.5. The molecule has 1 heterocycles. The Morgan fingerprint density at radius 1 is 1.21 bits per heavy atom. The van der Waals surface area contributed by atoms with Gasteiger partial charge in [0.25, 0.3) is 0 Å². The average molecular weight is 258 g/mol. The molecular formula is C13H11FN4O. The molecule has 0 atom stereocenters. The molecule has 5 nitrogen and oxygen atoms in total. The van der Waals surface area contributed by atoms with Crippen LogP contribution in [-0.4, -0.2) is 15.0 Å². The highest BCUT2D eigenvalue weighted by Crippen LogP contribution is 2.27. The van der Waals surface area contributed by atoms with Crippen LogP contribution < -0.4 is 10.5 Å². The molecule has 3 aromatic rings. The maximum atomic E-state index is 13.6. The highest BCUT2D eigenvalue weighted by molar-refractivity contribution is 5.76. The van der Waals surface area contributed by atoms with E-state index < -0.39 is 5.82 Å². The van der Waals surface area contributed by atoms with Crippen LogP contribution >= 0.6 is 0 Å². The van der Waals surface area contributed by atoms with Crippen LogP contribution in [-0.2, 0) is 7.05 Å². The summed E-state index contributed by atoms with van der Waals surface area (Å²) in [4.78, 5) is 0. The van der Waals surface area contributed by atoms with Gasteiger partial charge in [-0.25, -0.2) is 9.07 Å². The third-order valence-corrected chi connectivity index (χ3v) is 2.77. The van der Waals surface area contributed by atoms with Crippen molar-refractivity contribution < 1.29 is 9.13 Å². The number of hydrogen-bond acceptors (Lipinski definition) is 4. The minimum absolute atomic E-state index is 0.123. The lowest BCUT2D eigenvalue weighted by molar-refractivity contribution is 0.443. The lowest BCUT2D eigenvalue weighted by Crippen LogP contribution is -1.92. The van der Waals surface area contributed by atoms with Crippen LogP contribution in [0.5, 0.6) is 11.5 Å². The van der Waals surface area contributed by atoms with Crippen molar-refractivity contribution in [3.05, 3.63) is 42.2 Å². The molecule has 6 heteroatoms. The Labute approximate surface area is 108 Å². The molecule has 0 aliphatic rings. The molecule has 2 aromatic carbocycles. The van der Waals surface area contributed by atoms with E-state index in [4.69, 9.17) is 10.5 Å². The Balaban J connectivity index is 1.96. The van der Waals surface area contributed by atoms with Crippen molar-refractivity contribution in [2.45, 2.75) is 0 Å². The van der Waals surface area contributed by atoms with Crippen molar-refractivity contribution in [2.75, 3.05) is 5.73 Å². The number of nitrogens with two attached hydrogens (primary N) is 1. The summed E-state index contributed by atoms with van der Waals surface area (Å²) in [7, 11) is 1.80. The van der Waals surface area contributed by atoms with Gasteiger partial charge in [-0.05, 0) is 24.3 Å². The number of fused-ring (bicyclic) bond motifs is 1. The third-order valence-electron chi connectivity index (χ3n) is 2.77. The number of halogens is 1. The van der Waals surface area contributed by atoms with E-state index in [0.29, 0.717) is 17.0 Å². The van der Waals surface area contributed by atoms with Gasteiger partial charge < -0.3 is 10.5 Å². The lowest BCUT2D eigenvalue weighted by atomic mass is 10.2. The molecule has 0 fully saturated rings. The largest absolute Gasteiger partial charge is 0.454 e. The minimum Gasteiger partial charge on any atom is -0.454 e. The molecule has 2 N–H and O–H groups in total. The van der Waals surface area contributed by atoms with E-state index in [1.54, 1.807) is 29.9 Å². The van der Waals surface area contributed by atoms with Crippen LogP contribution in [0.15, 0.2) is 36.4 Å². The molecule has 0 aliphatic heterocycles. The Kier molecular flexibility index (Phi) is 2.56. The van der Waals surface area contributed by atoms with Crippen molar-refractivity contribution in [3.8, 4) is 11.5 Å². The van der Waals surface area contributed by atoms with Crippen LogP contribution in [0.1, 0.15) is 0 Å². The van der Waals surface area contributed by atoms with Crippen molar-refractivity contribution in [2.24, 2.45) is 7.05 Å². The first-order valence-electron chi connectivity index (χ1n) is 5.66. The first-order valence-corrected chi connectivity index (χ1v) is 5.66. The van der Waals surface area contributed by atoms with E-state index >= 15 is 0 Å². The molecule has 0 unspecified atom stereocenters. The predicted octanol–water partition coefficient (Wildman–Crippen LogP) is 2.48. The number of aromatic nitrogens is 3. The molecule has 3 rings (SSSR count). The lowest BCUT2D eigenvalue weighted by Gasteiger charge is -2.07. The normalized spacial score (nSPS) is 10.8. The van der Waals surface area contributed by atoms with E-state index in [9.17, 15) is 4.39 Å². The Morgan fingerprint density at radius 2 is 2.05 bits per heavy atom. The van der Waals surface area contributed by atoms with Crippen molar-refractivity contribution in [1.82, 2.24) is 15.0 Å². The summed E-state index contributed by atoms with van der Waals surface area (Å²) >= 11 is 0. The molecule has 0 saturated carbocycles. The van der Waals surface area contributed by atoms with Gasteiger partial charge in [-0.3, -0.25) is 0 Å². The van der Waals surface area contributed by atoms with E-state index in [0.717, 1.165) is 5.52 Å². The smallest absolute Gasteiger partial charge is 0.167 e. The van der Waals surface area contributed by atoms with Gasteiger partial charge in [-0.1, -0.05) is 5.21 Å². The highest BCUT2D eigenvalue weighted by atomic mass is 19.1.